The van der Waals surface area contributed by atoms with Crippen LogP contribution in [0.2, 0.25) is 0 Å². The standard InChI is InChI=1S/C12H18FNS/c1-2-3-6-11(14)9-15-12-7-4-5-10(13)8-12/h4-5,7-8,11H,2-3,6,9,14H2,1H3. The van der Waals surface area contributed by atoms with Crippen molar-refractivity contribution in [1.82, 2.24) is 0 Å². The molecule has 0 aliphatic heterocycles. The van der Waals surface area contributed by atoms with E-state index in [1.165, 1.54) is 18.9 Å². The highest BCUT2D eigenvalue weighted by molar-refractivity contribution is 7.99. The van der Waals surface area contributed by atoms with E-state index in [1.54, 1.807) is 23.9 Å². The van der Waals surface area contributed by atoms with E-state index in [2.05, 4.69) is 6.92 Å². The number of benzene rings is 1. The van der Waals surface area contributed by atoms with Gasteiger partial charge in [0.2, 0.25) is 0 Å². The quantitative estimate of drug-likeness (QED) is 0.753. The summed E-state index contributed by atoms with van der Waals surface area (Å²) in [5, 5.41) is 0. The molecule has 0 saturated carbocycles. The lowest BCUT2D eigenvalue weighted by Crippen LogP contribution is -2.22. The smallest absolute Gasteiger partial charge is 0.124 e. The third-order valence-corrected chi connectivity index (χ3v) is 3.37. The zero-order valence-electron chi connectivity index (χ0n) is 9.08. The Morgan fingerprint density at radius 2 is 2.27 bits per heavy atom. The average molecular weight is 227 g/mol. The number of hydrogen-bond acceptors (Lipinski definition) is 2. The zero-order valence-corrected chi connectivity index (χ0v) is 9.90. The molecule has 3 heteroatoms. The van der Waals surface area contributed by atoms with Crippen LogP contribution in [0, 0.1) is 5.82 Å². The van der Waals surface area contributed by atoms with E-state index in [9.17, 15) is 4.39 Å². The van der Waals surface area contributed by atoms with Crippen molar-refractivity contribution in [3.8, 4) is 0 Å². The van der Waals surface area contributed by atoms with Crippen molar-refractivity contribution in [1.29, 1.82) is 0 Å². The van der Waals surface area contributed by atoms with Gasteiger partial charge in [-0.15, -0.1) is 11.8 Å². The van der Waals surface area contributed by atoms with Crippen LogP contribution in [0.1, 0.15) is 26.2 Å². The maximum atomic E-state index is 12.8. The lowest BCUT2D eigenvalue weighted by molar-refractivity contribution is 0.620. The molecule has 2 N–H and O–H groups in total. The second kappa shape index (κ2) is 6.85. The van der Waals surface area contributed by atoms with Crippen LogP contribution in [0.25, 0.3) is 0 Å². The van der Waals surface area contributed by atoms with Crippen LogP contribution in [0.15, 0.2) is 29.2 Å². The number of halogens is 1. The van der Waals surface area contributed by atoms with Crippen LogP contribution in [0.3, 0.4) is 0 Å². The number of thioether (sulfide) groups is 1. The van der Waals surface area contributed by atoms with E-state index in [0.717, 1.165) is 17.1 Å². The molecule has 1 nitrogen and oxygen atoms in total. The van der Waals surface area contributed by atoms with Crippen molar-refractivity contribution in [2.45, 2.75) is 37.1 Å². The summed E-state index contributed by atoms with van der Waals surface area (Å²) in [4.78, 5) is 0.960. The van der Waals surface area contributed by atoms with Gasteiger partial charge in [0.1, 0.15) is 5.82 Å². The largest absolute Gasteiger partial charge is 0.327 e. The van der Waals surface area contributed by atoms with E-state index in [4.69, 9.17) is 5.73 Å². The second-order valence-corrected chi connectivity index (χ2v) is 4.76. The third kappa shape index (κ3) is 5.19. The minimum absolute atomic E-state index is 0.179. The molecule has 0 radical (unpaired) electrons. The molecule has 84 valence electrons. The minimum Gasteiger partial charge on any atom is -0.327 e. The van der Waals surface area contributed by atoms with Gasteiger partial charge < -0.3 is 5.73 Å². The predicted molar refractivity (Wildman–Crippen MR) is 64.6 cm³/mol. The Hall–Kier alpha value is -0.540. The van der Waals surface area contributed by atoms with Gasteiger partial charge in [-0.2, -0.15) is 0 Å². The van der Waals surface area contributed by atoms with Gasteiger partial charge in [-0.25, -0.2) is 4.39 Å². The van der Waals surface area contributed by atoms with Crippen LogP contribution in [-0.2, 0) is 0 Å². The summed E-state index contributed by atoms with van der Waals surface area (Å²) in [6.45, 7) is 2.16. The number of rotatable bonds is 6. The van der Waals surface area contributed by atoms with Crippen LogP contribution in [-0.4, -0.2) is 11.8 Å². The van der Waals surface area contributed by atoms with Crippen molar-refractivity contribution in [2.24, 2.45) is 5.73 Å². The number of nitrogens with two attached hydrogens (primary N) is 1. The fraction of sp³-hybridized carbons (Fsp3) is 0.500. The van der Waals surface area contributed by atoms with Crippen LogP contribution in [0.5, 0.6) is 0 Å². The fourth-order valence-corrected chi connectivity index (χ4v) is 2.25. The molecule has 1 rings (SSSR count). The number of hydrogen-bond donors (Lipinski definition) is 1. The first-order valence-electron chi connectivity index (χ1n) is 5.36. The Kier molecular flexibility index (Phi) is 5.73. The zero-order chi connectivity index (χ0) is 11.1. The molecule has 0 saturated heterocycles. The topological polar surface area (TPSA) is 26.0 Å². The lowest BCUT2D eigenvalue weighted by Gasteiger charge is -2.10. The van der Waals surface area contributed by atoms with Gasteiger partial charge in [-0.05, 0) is 24.6 Å². The molecule has 0 aliphatic carbocycles. The molecular formula is C12H18FNS. The molecule has 0 aromatic heterocycles. The molecule has 1 atom stereocenters. The van der Waals surface area contributed by atoms with Crippen LogP contribution >= 0.6 is 11.8 Å². The fourth-order valence-electron chi connectivity index (χ4n) is 1.31. The summed E-state index contributed by atoms with van der Waals surface area (Å²) in [7, 11) is 0. The Bertz CT molecular complexity index is 291. The molecule has 15 heavy (non-hydrogen) atoms. The molecule has 0 fully saturated rings. The first-order chi connectivity index (χ1) is 7.22. The highest BCUT2D eigenvalue weighted by atomic mass is 32.2. The lowest BCUT2D eigenvalue weighted by atomic mass is 10.2. The maximum Gasteiger partial charge on any atom is 0.124 e. The predicted octanol–water partition coefficient (Wildman–Crippen LogP) is 3.44. The molecule has 0 heterocycles. The van der Waals surface area contributed by atoms with Crippen LogP contribution in [0.4, 0.5) is 4.39 Å². The molecule has 1 aromatic rings. The van der Waals surface area contributed by atoms with Crippen molar-refractivity contribution in [3.05, 3.63) is 30.1 Å². The molecule has 0 amide bonds. The third-order valence-electron chi connectivity index (χ3n) is 2.19. The monoisotopic (exact) mass is 227 g/mol. The summed E-state index contributed by atoms with van der Waals surface area (Å²) in [5.41, 5.74) is 5.93. The summed E-state index contributed by atoms with van der Waals surface area (Å²) in [5.74, 6) is 0.686. The van der Waals surface area contributed by atoms with E-state index in [0.29, 0.717) is 0 Å². The van der Waals surface area contributed by atoms with Gasteiger partial charge in [0, 0.05) is 16.7 Å². The number of unbranched alkanes of at least 4 members (excludes halogenated alkanes) is 1. The average Bonchev–Trinajstić information content (AvgIpc) is 2.23. The molecule has 0 bridgehead atoms. The Morgan fingerprint density at radius 1 is 1.47 bits per heavy atom. The second-order valence-electron chi connectivity index (χ2n) is 3.67. The maximum absolute atomic E-state index is 12.8. The van der Waals surface area contributed by atoms with Gasteiger partial charge in [-0.3, -0.25) is 0 Å². The van der Waals surface area contributed by atoms with Gasteiger partial charge in [0.15, 0.2) is 0 Å². The summed E-state index contributed by atoms with van der Waals surface area (Å²) < 4.78 is 12.8. The minimum atomic E-state index is -0.179. The molecule has 1 unspecified atom stereocenters. The normalized spacial score (nSPS) is 12.7. The molecule has 1 aromatic carbocycles. The summed E-state index contributed by atoms with van der Waals surface area (Å²) >= 11 is 1.63. The van der Waals surface area contributed by atoms with Gasteiger partial charge in [0.25, 0.3) is 0 Å². The van der Waals surface area contributed by atoms with Crippen molar-refractivity contribution < 1.29 is 4.39 Å². The summed E-state index contributed by atoms with van der Waals surface area (Å²) in [6, 6.07) is 6.88. The summed E-state index contributed by atoms with van der Waals surface area (Å²) in [6.07, 6.45) is 3.40. The molecular weight excluding hydrogens is 209 g/mol. The van der Waals surface area contributed by atoms with Gasteiger partial charge >= 0.3 is 0 Å². The van der Waals surface area contributed by atoms with E-state index in [-0.39, 0.29) is 11.9 Å². The van der Waals surface area contributed by atoms with Gasteiger partial charge in [0.05, 0.1) is 0 Å². The highest BCUT2D eigenvalue weighted by Crippen LogP contribution is 2.20. The Balaban J connectivity index is 2.30. The van der Waals surface area contributed by atoms with Crippen molar-refractivity contribution in [2.75, 3.05) is 5.75 Å². The van der Waals surface area contributed by atoms with Crippen molar-refractivity contribution in [3.63, 3.8) is 0 Å². The van der Waals surface area contributed by atoms with Crippen LogP contribution < -0.4 is 5.73 Å². The highest BCUT2D eigenvalue weighted by Gasteiger charge is 2.03. The SMILES string of the molecule is CCCCC(N)CSc1cccc(F)c1. The first kappa shape index (κ1) is 12.5. The first-order valence-corrected chi connectivity index (χ1v) is 6.35. The Morgan fingerprint density at radius 3 is 2.93 bits per heavy atom. The van der Waals surface area contributed by atoms with E-state index >= 15 is 0 Å². The van der Waals surface area contributed by atoms with E-state index < -0.39 is 0 Å². The molecule has 0 aliphatic rings. The Labute approximate surface area is 95.2 Å². The van der Waals surface area contributed by atoms with Crippen molar-refractivity contribution >= 4 is 11.8 Å². The van der Waals surface area contributed by atoms with Gasteiger partial charge in [-0.1, -0.05) is 25.8 Å². The molecule has 0 spiro atoms. The van der Waals surface area contributed by atoms with E-state index in [1.807, 2.05) is 6.07 Å².